The Hall–Kier alpha value is -3.29. The van der Waals surface area contributed by atoms with E-state index in [4.69, 9.17) is 4.99 Å². The Morgan fingerprint density at radius 1 is 1.37 bits per heavy atom. The molecule has 1 aromatic carbocycles. The van der Waals surface area contributed by atoms with Gasteiger partial charge in [0.1, 0.15) is 5.82 Å². The number of dihydropyridines is 1. The maximum Gasteiger partial charge on any atom is 0.332 e. The Kier molecular flexibility index (Phi) is 5.48. The predicted octanol–water partition coefficient (Wildman–Crippen LogP) is 2.76. The summed E-state index contributed by atoms with van der Waals surface area (Å²) in [6, 6.07) is 2.04. The molecule has 3 aliphatic heterocycles. The highest BCUT2D eigenvalue weighted by Gasteiger charge is 2.28. The molecular formula is C22H26FN5O2. The van der Waals surface area contributed by atoms with Crippen molar-refractivity contribution < 1.29 is 14.3 Å². The molecule has 3 aliphatic rings. The summed E-state index contributed by atoms with van der Waals surface area (Å²) in [6.07, 6.45) is 8.48. The summed E-state index contributed by atoms with van der Waals surface area (Å²) >= 11 is 0. The monoisotopic (exact) mass is 411 g/mol. The third-order valence-corrected chi connectivity index (χ3v) is 5.70. The molecule has 30 heavy (non-hydrogen) atoms. The van der Waals surface area contributed by atoms with Crippen molar-refractivity contribution in [3.05, 3.63) is 59.7 Å². The van der Waals surface area contributed by atoms with Crippen LogP contribution in [0.5, 0.6) is 0 Å². The van der Waals surface area contributed by atoms with Gasteiger partial charge in [-0.15, -0.1) is 0 Å². The van der Waals surface area contributed by atoms with Gasteiger partial charge >= 0.3 is 5.97 Å². The van der Waals surface area contributed by atoms with Gasteiger partial charge in [-0.05, 0) is 49.7 Å². The Bertz CT molecular complexity index is 963. The largest absolute Gasteiger partial charge is 0.479 e. The number of aliphatic imine (C=N–C) groups is 1. The molecule has 0 saturated carbocycles. The van der Waals surface area contributed by atoms with E-state index in [0.717, 1.165) is 31.9 Å². The Morgan fingerprint density at radius 3 is 2.87 bits per heavy atom. The summed E-state index contributed by atoms with van der Waals surface area (Å²) in [7, 11) is 1.91. The summed E-state index contributed by atoms with van der Waals surface area (Å²) < 4.78 is 14.4. The molecule has 0 aliphatic carbocycles. The maximum atomic E-state index is 14.4. The number of guanidine groups is 1. The quantitative estimate of drug-likeness (QED) is 0.707. The van der Waals surface area contributed by atoms with E-state index in [0.29, 0.717) is 28.2 Å². The molecule has 7 nitrogen and oxygen atoms in total. The number of piperidine rings is 1. The molecule has 0 aromatic heterocycles. The van der Waals surface area contributed by atoms with Gasteiger partial charge in [-0.3, -0.25) is 0 Å². The lowest BCUT2D eigenvalue weighted by atomic mass is 10.0. The number of halogens is 1. The second-order valence-electron chi connectivity index (χ2n) is 7.70. The van der Waals surface area contributed by atoms with Crippen LogP contribution >= 0.6 is 0 Å². The highest BCUT2D eigenvalue weighted by Crippen LogP contribution is 2.37. The molecule has 1 saturated heterocycles. The van der Waals surface area contributed by atoms with Gasteiger partial charge in [0.05, 0.1) is 5.69 Å². The van der Waals surface area contributed by atoms with Crippen LogP contribution in [0.3, 0.4) is 0 Å². The van der Waals surface area contributed by atoms with Crippen LogP contribution in [0.2, 0.25) is 0 Å². The first-order valence-electron chi connectivity index (χ1n) is 10.1. The van der Waals surface area contributed by atoms with Crippen LogP contribution in [0, 0.1) is 5.82 Å². The van der Waals surface area contributed by atoms with E-state index in [2.05, 4.69) is 22.1 Å². The third-order valence-electron chi connectivity index (χ3n) is 5.70. The summed E-state index contributed by atoms with van der Waals surface area (Å²) in [5.41, 5.74) is 3.20. The molecular weight excluding hydrogens is 385 g/mol. The van der Waals surface area contributed by atoms with Crippen molar-refractivity contribution in [3.8, 4) is 0 Å². The van der Waals surface area contributed by atoms with Gasteiger partial charge < -0.3 is 25.5 Å². The van der Waals surface area contributed by atoms with Gasteiger partial charge in [0.15, 0.2) is 6.04 Å². The van der Waals surface area contributed by atoms with Crippen LogP contribution in [0.25, 0.3) is 5.70 Å². The Labute approximate surface area is 175 Å². The predicted molar refractivity (Wildman–Crippen MR) is 114 cm³/mol. The average molecular weight is 411 g/mol. The topological polar surface area (TPSA) is 80.2 Å². The van der Waals surface area contributed by atoms with Crippen LogP contribution in [-0.2, 0) is 11.3 Å². The molecule has 4 rings (SSSR count). The van der Waals surface area contributed by atoms with Crippen molar-refractivity contribution in [2.45, 2.75) is 31.8 Å². The summed E-state index contributed by atoms with van der Waals surface area (Å²) in [5, 5.41) is 15.3. The van der Waals surface area contributed by atoms with Crippen LogP contribution < -0.4 is 10.6 Å². The van der Waals surface area contributed by atoms with Crippen molar-refractivity contribution in [3.63, 3.8) is 0 Å². The number of hydrogen-bond donors (Lipinski definition) is 3. The van der Waals surface area contributed by atoms with Gasteiger partial charge in [0.2, 0.25) is 5.96 Å². The number of rotatable bonds is 4. The van der Waals surface area contributed by atoms with E-state index in [1.165, 1.54) is 18.6 Å². The van der Waals surface area contributed by atoms with Crippen molar-refractivity contribution in [1.82, 2.24) is 20.4 Å². The Morgan fingerprint density at radius 2 is 2.13 bits per heavy atom. The van der Waals surface area contributed by atoms with E-state index in [1.807, 2.05) is 11.9 Å². The highest BCUT2D eigenvalue weighted by molar-refractivity contribution is 5.97. The second-order valence-corrected chi connectivity index (χ2v) is 7.70. The van der Waals surface area contributed by atoms with Crippen molar-refractivity contribution >= 4 is 23.3 Å². The lowest BCUT2D eigenvalue weighted by Gasteiger charge is -2.38. The minimum Gasteiger partial charge on any atom is -0.479 e. The molecule has 1 atom stereocenters. The van der Waals surface area contributed by atoms with Gasteiger partial charge in [-0.1, -0.05) is 6.58 Å². The van der Waals surface area contributed by atoms with Crippen LogP contribution in [0.15, 0.2) is 47.8 Å². The first kappa shape index (κ1) is 20.0. The fraction of sp³-hybridized carbons (Fsp3) is 0.364. The fourth-order valence-electron chi connectivity index (χ4n) is 4.05. The van der Waals surface area contributed by atoms with Crippen molar-refractivity contribution in [1.29, 1.82) is 0 Å². The van der Waals surface area contributed by atoms with Crippen molar-refractivity contribution in [2.24, 2.45) is 4.99 Å². The zero-order valence-corrected chi connectivity index (χ0v) is 17.0. The molecule has 1 unspecified atom stereocenters. The standard InChI is InChI=1S/C22H26FN5O2/c1-14-17-12-16(23)11-15(13-25-18-7-6-8-24-20(18)21(29)30)19(17)26-22(27(14)2)28-9-4-3-5-10-28/h6-8,11-12,20,24-25H,1,3-5,9-10,13H2,2H3,(H,29,30). The van der Waals surface area contributed by atoms with Gasteiger partial charge in [0.25, 0.3) is 0 Å². The van der Waals surface area contributed by atoms with Crippen LogP contribution in [-0.4, -0.2) is 53.0 Å². The number of nitrogens with one attached hydrogen (secondary N) is 2. The Balaban J connectivity index is 1.66. The fourth-order valence-corrected chi connectivity index (χ4v) is 4.05. The van der Waals surface area contributed by atoms with E-state index in [-0.39, 0.29) is 12.4 Å². The second kappa shape index (κ2) is 8.22. The number of likely N-dealkylation sites (tertiary alicyclic amines) is 1. The third kappa shape index (κ3) is 3.77. The summed E-state index contributed by atoms with van der Waals surface area (Å²) in [5.74, 6) is -0.535. The molecule has 0 spiro atoms. The normalized spacial score (nSPS) is 20.9. The number of aliphatic carboxylic acids is 1. The van der Waals surface area contributed by atoms with E-state index >= 15 is 0 Å². The zero-order valence-electron chi connectivity index (χ0n) is 17.0. The average Bonchev–Trinajstić information content (AvgIpc) is 2.75. The highest BCUT2D eigenvalue weighted by atomic mass is 19.1. The van der Waals surface area contributed by atoms with E-state index in [9.17, 15) is 14.3 Å². The SMILES string of the molecule is C=C1c2cc(F)cc(CNC3=CC=CNC3C(=O)O)c2N=C(N2CCCCC2)N1C. The van der Waals surface area contributed by atoms with Gasteiger partial charge in [0, 0.05) is 49.2 Å². The number of nitrogens with zero attached hydrogens (tertiary/aromatic N) is 3. The number of allylic oxidation sites excluding steroid dienone is 2. The lowest BCUT2D eigenvalue weighted by molar-refractivity contribution is -0.138. The smallest absolute Gasteiger partial charge is 0.332 e. The zero-order chi connectivity index (χ0) is 21.3. The molecule has 3 heterocycles. The molecule has 0 amide bonds. The minimum atomic E-state index is -0.986. The number of carboxylic acids is 1. The number of hydrogen-bond acceptors (Lipinski definition) is 6. The molecule has 0 bridgehead atoms. The van der Waals surface area contributed by atoms with E-state index < -0.39 is 12.0 Å². The lowest BCUT2D eigenvalue weighted by Crippen LogP contribution is -2.45. The first-order chi connectivity index (χ1) is 14.5. The van der Waals surface area contributed by atoms with Gasteiger partial charge in [-0.2, -0.15) is 0 Å². The number of fused-ring (bicyclic) bond motifs is 1. The molecule has 8 heteroatoms. The molecule has 0 radical (unpaired) electrons. The summed E-state index contributed by atoms with van der Waals surface area (Å²) in [6.45, 7) is 6.29. The minimum absolute atomic E-state index is 0.249. The van der Waals surface area contributed by atoms with Crippen LogP contribution in [0.1, 0.15) is 30.4 Å². The maximum absolute atomic E-state index is 14.4. The molecule has 1 aromatic rings. The molecule has 1 fully saturated rings. The first-order valence-corrected chi connectivity index (χ1v) is 10.1. The van der Waals surface area contributed by atoms with Crippen molar-refractivity contribution in [2.75, 3.05) is 20.1 Å². The molecule has 158 valence electrons. The number of carboxylic acid groups (broad SMARTS) is 1. The van der Waals surface area contributed by atoms with E-state index in [1.54, 1.807) is 18.4 Å². The van der Waals surface area contributed by atoms with Crippen LogP contribution in [0.4, 0.5) is 10.1 Å². The summed E-state index contributed by atoms with van der Waals surface area (Å²) in [4.78, 5) is 20.5. The number of carbonyl (C=O) groups is 1. The number of benzene rings is 1. The molecule has 3 N–H and O–H groups in total. The van der Waals surface area contributed by atoms with Gasteiger partial charge in [-0.25, -0.2) is 14.2 Å².